The lowest BCUT2D eigenvalue weighted by molar-refractivity contribution is 0.243. The van der Waals surface area contributed by atoms with Crippen molar-refractivity contribution in [3.8, 4) is 11.3 Å². The maximum Gasteiger partial charge on any atom is 0.340 e. The zero-order chi connectivity index (χ0) is 22.3. The van der Waals surface area contributed by atoms with E-state index in [1.165, 1.54) is 12.3 Å². The Labute approximate surface area is 180 Å². The summed E-state index contributed by atoms with van der Waals surface area (Å²) < 4.78 is 27.1. The lowest BCUT2D eigenvalue weighted by atomic mass is 10.1. The molecule has 2 heterocycles. The van der Waals surface area contributed by atoms with Crippen molar-refractivity contribution in [1.82, 2.24) is 14.3 Å². The van der Waals surface area contributed by atoms with E-state index in [0.717, 1.165) is 9.54 Å². The Balaban J connectivity index is 1.70. The number of H-pyrrole nitrogens is 1. The van der Waals surface area contributed by atoms with Crippen molar-refractivity contribution in [3.63, 3.8) is 0 Å². The first kappa shape index (κ1) is 20.9. The van der Waals surface area contributed by atoms with Crippen LogP contribution < -0.4 is 15.9 Å². The summed E-state index contributed by atoms with van der Waals surface area (Å²) in [4.78, 5) is 29.2. The molecule has 1 aliphatic heterocycles. The fourth-order valence-electron chi connectivity index (χ4n) is 3.83. The van der Waals surface area contributed by atoms with E-state index in [-0.39, 0.29) is 23.0 Å². The number of urea groups is 1. The van der Waals surface area contributed by atoms with Crippen molar-refractivity contribution in [1.29, 1.82) is 0 Å². The number of imidazole rings is 1. The summed E-state index contributed by atoms with van der Waals surface area (Å²) in [7, 11) is -4.10. The summed E-state index contributed by atoms with van der Waals surface area (Å²) in [6, 6.07) is 13.3. The first-order valence-electron chi connectivity index (χ1n) is 10.0. The van der Waals surface area contributed by atoms with E-state index < -0.39 is 15.7 Å². The lowest BCUT2D eigenvalue weighted by Crippen LogP contribution is -2.45. The van der Waals surface area contributed by atoms with Gasteiger partial charge in [0.1, 0.15) is 0 Å². The number of amides is 2. The molecule has 162 valence electrons. The monoisotopic (exact) mass is 440 g/mol. The molecule has 0 saturated heterocycles. The van der Waals surface area contributed by atoms with E-state index >= 15 is 0 Å². The van der Waals surface area contributed by atoms with E-state index in [4.69, 9.17) is 0 Å². The third kappa shape index (κ3) is 3.76. The number of rotatable bonds is 4. The number of carbonyl (C=O) groups is 1. The Morgan fingerprint density at radius 3 is 2.55 bits per heavy atom. The highest BCUT2D eigenvalue weighted by Crippen LogP contribution is 2.34. The Morgan fingerprint density at radius 1 is 1.16 bits per heavy atom. The van der Waals surface area contributed by atoms with Gasteiger partial charge in [-0.3, -0.25) is 4.90 Å². The van der Waals surface area contributed by atoms with Crippen LogP contribution in [0.1, 0.15) is 26.3 Å². The van der Waals surface area contributed by atoms with Gasteiger partial charge in [0.2, 0.25) is 0 Å². The highest BCUT2D eigenvalue weighted by molar-refractivity contribution is 7.90. The molecular weight excluding hydrogens is 416 g/mol. The van der Waals surface area contributed by atoms with Gasteiger partial charge < -0.3 is 10.3 Å². The fraction of sp³-hybridized carbons (Fsp3) is 0.273. The lowest BCUT2D eigenvalue weighted by Gasteiger charge is -2.24. The van der Waals surface area contributed by atoms with Crippen LogP contribution in [-0.4, -0.2) is 35.5 Å². The molecule has 4 rings (SSSR count). The Bertz CT molecular complexity index is 1290. The van der Waals surface area contributed by atoms with Crippen molar-refractivity contribution in [3.05, 3.63) is 70.8 Å². The van der Waals surface area contributed by atoms with Gasteiger partial charge in [0, 0.05) is 17.8 Å². The second-order valence-corrected chi connectivity index (χ2v) is 9.77. The van der Waals surface area contributed by atoms with Crippen LogP contribution in [0.5, 0.6) is 0 Å². The van der Waals surface area contributed by atoms with E-state index in [1.807, 2.05) is 39.0 Å². The Kier molecular flexibility index (Phi) is 5.22. The normalized spacial score (nSPS) is 15.9. The zero-order valence-electron chi connectivity index (χ0n) is 17.5. The van der Waals surface area contributed by atoms with Gasteiger partial charge in [0.05, 0.1) is 16.8 Å². The fourth-order valence-corrected chi connectivity index (χ4v) is 5.10. The second-order valence-electron chi connectivity index (χ2n) is 7.96. The van der Waals surface area contributed by atoms with Crippen molar-refractivity contribution >= 4 is 21.7 Å². The molecule has 31 heavy (non-hydrogen) atoms. The molecule has 2 amide bonds. The summed E-state index contributed by atoms with van der Waals surface area (Å²) in [5.74, 6) is 0. The van der Waals surface area contributed by atoms with Gasteiger partial charge in [-0.05, 0) is 56.5 Å². The number of hydrogen-bond acceptors (Lipinski definition) is 4. The molecule has 8 nitrogen and oxygen atoms in total. The largest absolute Gasteiger partial charge is 0.340 e. The predicted octanol–water partition coefficient (Wildman–Crippen LogP) is 2.95. The first-order chi connectivity index (χ1) is 14.7. The highest BCUT2D eigenvalue weighted by Gasteiger charge is 2.33. The van der Waals surface area contributed by atoms with Crippen LogP contribution in [-0.2, 0) is 16.4 Å². The number of hydrogen-bond donors (Lipinski definition) is 2. The minimum atomic E-state index is -4.10. The molecule has 0 spiro atoms. The molecule has 3 aromatic rings. The molecule has 0 fully saturated rings. The van der Waals surface area contributed by atoms with Crippen LogP contribution in [0.25, 0.3) is 11.3 Å². The van der Waals surface area contributed by atoms with E-state index in [0.29, 0.717) is 23.4 Å². The highest BCUT2D eigenvalue weighted by atomic mass is 32.2. The average molecular weight is 441 g/mol. The maximum atomic E-state index is 13.2. The maximum absolute atomic E-state index is 13.2. The molecule has 1 aromatic heterocycles. The van der Waals surface area contributed by atoms with E-state index in [2.05, 4.69) is 10.3 Å². The molecule has 0 radical (unpaired) electrons. The van der Waals surface area contributed by atoms with Crippen molar-refractivity contribution in [2.24, 2.45) is 0 Å². The minimum absolute atomic E-state index is 0.00489. The average Bonchev–Trinajstić information content (AvgIpc) is 3.27. The van der Waals surface area contributed by atoms with Crippen LogP contribution in [0.2, 0.25) is 0 Å². The van der Waals surface area contributed by atoms with Crippen LogP contribution in [0.15, 0.2) is 64.4 Å². The van der Waals surface area contributed by atoms with Gasteiger partial charge in [0.25, 0.3) is 10.0 Å². The van der Waals surface area contributed by atoms with Gasteiger partial charge in [0.15, 0.2) is 0 Å². The van der Waals surface area contributed by atoms with Crippen molar-refractivity contribution < 1.29 is 13.2 Å². The molecule has 2 aromatic carbocycles. The van der Waals surface area contributed by atoms with Gasteiger partial charge in [-0.25, -0.2) is 18.0 Å². The van der Waals surface area contributed by atoms with Gasteiger partial charge >= 0.3 is 11.7 Å². The van der Waals surface area contributed by atoms with Crippen LogP contribution >= 0.6 is 0 Å². The number of benzene rings is 2. The standard InChI is InChI=1S/C22H24N4O4S/c1-14(2)23-22(28)26-15(3)11-17-12-18(9-10-20(17)26)31(29,30)25-13-19(24-21(25)27)16-7-5-4-6-8-16/h4-10,12-15H,11H2,1-3H3,(H,23,28)(H,24,27). The van der Waals surface area contributed by atoms with Gasteiger partial charge in [-0.2, -0.15) is 3.97 Å². The van der Waals surface area contributed by atoms with Crippen LogP contribution in [0, 0.1) is 0 Å². The third-order valence-electron chi connectivity index (χ3n) is 5.23. The molecule has 0 aliphatic carbocycles. The number of anilines is 1. The number of aromatic nitrogens is 2. The zero-order valence-corrected chi connectivity index (χ0v) is 18.3. The molecule has 1 aliphatic rings. The minimum Gasteiger partial charge on any atom is -0.336 e. The summed E-state index contributed by atoms with van der Waals surface area (Å²) >= 11 is 0. The summed E-state index contributed by atoms with van der Waals surface area (Å²) in [5, 5.41) is 2.87. The molecule has 1 atom stereocenters. The van der Waals surface area contributed by atoms with Crippen LogP contribution in [0.4, 0.5) is 10.5 Å². The number of fused-ring (bicyclic) bond motifs is 1. The van der Waals surface area contributed by atoms with Crippen molar-refractivity contribution in [2.45, 2.75) is 44.2 Å². The molecule has 0 bridgehead atoms. The summed E-state index contributed by atoms with van der Waals surface area (Å²) in [5.41, 5.74) is 1.82. The first-order valence-corrected chi connectivity index (χ1v) is 11.5. The SMILES string of the molecule is CC(C)NC(=O)N1c2ccc(S(=O)(=O)n3cc(-c4ccccc4)[nH]c3=O)cc2CC1C. The van der Waals surface area contributed by atoms with Gasteiger partial charge in [-0.15, -0.1) is 0 Å². The number of carbonyl (C=O) groups excluding carboxylic acids is 1. The Morgan fingerprint density at radius 2 is 1.87 bits per heavy atom. The topological polar surface area (TPSA) is 104 Å². The van der Waals surface area contributed by atoms with Crippen LogP contribution in [0.3, 0.4) is 0 Å². The van der Waals surface area contributed by atoms with E-state index in [1.54, 1.807) is 29.2 Å². The summed E-state index contributed by atoms with van der Waals surface area (Å²) in [6.45, 7) is 5.68. The molecule has 0 saturated carbocycles. The van der Waals surface area contributed by atoms with Crippen molar-refractivity contribution in [2.75, 3.05) is 4.90 Å². The van der Waals surface area contributed by atoms with E-state index in [9.17, 15) is 18.0 Å². The third-order valence-corrected chi connectivity index (χ3v) is 6.87. The molecule has 1 unspecified atom stereocenters. The smallest absolute Gasteiger partial charge is 0.336 e. The number of aromatic amines is 1. The predicted molar refractivity (Wildman–Crippen MR) is 119 cm³/mol. The molecular formula is C22H24N4O4S. The number of nitrogens with zero attached hydrogens (tertiary/aromatic N) is 2. The Hall–Kier alpha value is -3.33. The second kappa shape index (κ2) is 7.73. The molecule has 2 N–H and O–H groups in total. The molecule has 9 heteroatoms. The summed E-state index contributed by atoms with van der Waals surface area (Å²) in [6.07, 6.45) is 1.83. The quantitative estimate of drug-likeness (QED) is 0.651. The van der Waals surface area contributed by atoms with Gasteiger partial charge in [-0.1, -0.05) is 30.3 Å². The number of nitrogens with one attached hydrogen (secondary N) is 2.